The largest absolute Gasteiger partial charge is 0.329 e. The predicted octanol–water partition coefficient (Wildman–Crippen LogP) is 2.17. The molecule has 0 N–H and O–H groups in total. The SMILES string of the molecule is Cc1ccc(C(=O)N2Cc3nnc(-c4ccccc4)n3[C@@H](C)C2)c(=O)n1C. The van der Waals surface area contributed by atoms with Gasteiger partial charge in [-0.25, -0.2) is 0 Å². The number of pyridine rings is 1. The molecule has 138 valence electrons. The molecule has 7 heteroatoms. The van der Waals surface area contributed by atoms with Gasteiger partial charge >= 0.3 is 0 Å². The van der Waals surface area contributed by atoms with Crippen molar-refractivity contribution in [3.63, 3.8) is 0 Å². The Kier molecular flexibility index (Phi) is 4.14. The van der Waals surface area contributed by atoms with Gasteiger partial charge in [-0.1, -0.05) is 30.3 Å². The average molecular weight is 363 g/mol. The lowest BCUT2D eigenvalue weighted by Crippen LogP contribution is -2.43. The van der Waals surface area contributed by atoms with Gasteiger partial charge in [-0.3, -0.25) is 9.59 Å². The summed E-state index contributed by atoms with van der Waals surface area (Å²) in [7, 11) is 1.68. The molecule has 7 nitrogen and oxygen atoms in total. The summed E-state index contributed by atoms with van der Waals surface area (Å²) in [5.41, 5.74) is 1.72. The third-order valence-corrected chi connectivity index (χ3v) is 5.13. The molecular formula is C20H21N5O2. The van der Waals surface area contributed by atoms with Crippen LogP contribution in [0.3, 0.4) is 0 Å². The Bertz CT molecular complexity index is 1070. The second-order valence-corrected chi connectivity index (χ2v) is 6.96. The number of carbonyl (C=O) groups excluding carboxylic acids is 1. The number of rotatable bonds is 2. The van der Waals surface area contributed by atoms with Crippen molar-refractivity contribution >= 4 is 5.91 Å². The number of aryl methyl sites for hydroxylation is 1. The van der Waals surface area contributed by atoms with Gasteiger partial charge < -0.3 is 14.0 Å². The van der Waals surface area contributed by atoms with E-state index in [0.29, 0.717) is 13.1 Å². The molecule has 3 aromatic rings. The molecule has 0 bridgehead atoms. The molecule has 1 aromatic carbocycles. The minimum absolute atomic E-state index is 0.0113. The predicted molar refractivity (Wildman–Crippen MR) is 101 cm³/mol. The standard InChI is InChI=1S/C20H21N5O2/c1-13-9-10-16(19(26)23(13)3)20(27)24-11-14(2)25-17(12-24)21-22-18(25)15-7-5-4-6-8-15/h4-10,14H,11-12H2,1-3H3/t14-/m0/s1. The van der Waals surface area contributed by atoms with Crippen LogP contribution >= 0.6 is 0 Å². The second-order valence-electron chi connectivity index (χ2n) is 6.96. The van der Waals surface area contributed by atoms with Gasteiger partial charge in [-0.2, -0.15) is 0 Å². The summed E-state index contributed by atoms with van der Waals surface area (Å²) >= 11 is 0. The molecule has 0 radical (unpaired) electrons. The van der Waals surface area contributed by atoms with Crippen molar-refractivity contribution in [1.29, 1.82) is 0 Å². The average Bonchev–Trinajstić information content (AvgIpc) is 3.11. The Balaban J connectivity index is 1.67. The van der Waals surface area contributed by atoms with Crippen LogP contribution in [0.1, 0.15) is 34.8 Å². The minimum Gasteiger partial charge on any atom is -0.329 e. The van der Waals surface area contributed by atoms with Crippen LogP contribution in [-0.4, -0.2) is 36.7 Å². The Morgan fingerprint density at radius 2 is 1.85 bits per heavy atom. The van der Waals surface area contributed by atoms with Gasteiger partial charge in [-0.05, 0) is 26.0 Å². The van der Waals surface area contributed by atoms with E-state index in [1.54, 1.807) is 24.1 Å². The molecule has 1 aliphatic heterocycles. The molecule has 4 rings (SSSR count). The molecule has 0 spiro atoms. The molecule has 0 saturated carbocycles. The molecule has 27 heavy (non-hydrogen) atoms. The van der Waals surface area contributed by atoms with Crippen molar-refractivity contribution in [2.75, 3.05) is 6.54 Å². The summed E-state index contributed by atoms with van der Waals surface area (Å²) in [5, 5.41) is 8.64. The fourth-order valence-corrected chi connectivity index (χ4v) is 3.53. The maximum absolute atomic E-state index is 13.0. The highest BCUT2D eigenvalue weighted by Gasteiger charge is 2.31. The molecule has 0 aliphatic carbocycles. The zero-order chi connectivity index (χ0) is 19.1. The number of hydrogen-bond donors (Lipinski definition) is 0. The van der Waals surface area contributed by atoms with Crippen molar-refractivity contribution in [2.45, 2.75) is 26.4 Å². The van der Waals surface area contributed by atoms with Crippen LogP contribution in [0.5, 0.6) is 0 Å². The first kappa shape index (κ1) is 17.2. The number of hydrogen-bond acceptors (Lipinski definition) is 4. The first-order valence-corrected chi connectivity index (χ1v) is 8.92. The second kappa shape index (κ2) is 6.50. The Morgan fingerprint density at radius 1 is 1.11 bits per heavy atom. The van der Waals surface area contributed by atoms with Gasteiger partial charge in [0, 0.05) is 24.8 Å². The van der Waals surface area contributed by atoms with E-state index in [-0.39, 0.29) is 23.1 Å². The van der Waals surface area contributed by atoms with Crippen LogP contribution in [0.2, 0.25) is 0 Å². The lowest BCUT2D eigenvalue weighted by Gasteiger charge is -2.32. The molecule has 2 aromatic heterocycles. The van der Waals surface area contributed by atoms with E-state index >= 15 is 0 Å². The Labute approximate surface area is 156 Å². The van der Waals surface area contributed by atoms with Gasteiger partial charge in [0.2, 0.25) is 0 Å². The van der Waals surface area contributed by atoms with E-state index in [0.717, 1.165) is 22.9 Å². The minimum atomic E-state index is -0.273. The van der Waals surface area contributed by atoms with E-state index in [1.807, 2.05) is 44.2 Å². The Morgan fingerprint density at radius 3 is 2.59 bits per heavy atom. The van der Waals surface area contributed by atoms with Crippen molar-refractivity contribution in [3.8, 4) is 11.4 Å². The normalized spacial score (nSPS) is 16.3. The summed E-state index contributed by atoms with van der Waals surface area (Å²) in [5.74, 6) is 1.26. The van der Waals surface area contributed by atoms with E-state index in [9.17, 15) is 9.59 Å². The quantitative estimate of drug-likeness (QED) is 0.699. The van der Waals surface area contributed by atoms with Crippen molar-refractivity contribution in [1.82, 2.24) is 24.2 Å². The number of benzene rings is 1. The van der Waals surface area contributed by atoms with Gasteiger partial charge in [0.05, 0.1) is 12.6 Å². The zero-order valence-electron chi connectivity index (χ0n) is 15.6. The van der Waals surface area contributed by atoms with Crippen LogP contribution in [0.4, 0.5) is 0 Å². The van der Waals surface area contributed by atoms with Crippen LogP contribution in [-0.2, 0) is 13.6 Å². The van der Waals surface area contributed by atoms with E-state index in [2.05, 4.69) is 14.8 Å². The molecule has 3 heterocycles. The highest BCUT2D eigenvalue weighted by Crippen LogP contribution is 2.27. The van der Waals surface area contributed by atoms with Crippen molar-refractivity contribution in [3.05, 3.63) is 69.9 Å². The Hall–Kier alpha value is -3.22. The maximum atomic E-state index is 13.0. The van der Waals surface area contributed by atoms with Crippen LogP contribution in [0, 0.1) is 6.92 Å². The summed E-state index contributed by atoms with van der Waals surface area (Å²) in [4.78, 5) is 27.1. The molecule has 1 atom stereocenters. The van der Waals surface area contributed by atoms with Crippen molar-refractivity contribution in [2.24, 2.45) is 7.05 Å². The van der Waals surface area contributed by atoms with Crippen molar-refractivity contribution < 1.29 is 4.79 Å². The molecule has 0 saturated heterocycles. The fraction of sp³-hybridized carbons (Fsp3) is 0.300. The van der Waals surface area contributed by atoms with Crippen LogP contribution < -0.4 is 5.56 Å². The molecule has 1 aliphatic rings. The maximum Gasteiger partial charge on any atom is 0.263 e. The third kappa shape index (κ3) is 2.85. The van der Waals surface area contributed by atoms with E-state index in [1.165, 1.54) is 4.57 Å². The zero-order valence-corrected chi connectivity index (χ0v) is 15.6. The monoisotopic (exact) mass is 363 g/mol. The van der Waals surface area contributed by atoms with Crippen LogP contribution in [0.25, 0.3) is 11.4 Å². The smallest absolute Gasteiger partial charge is 0.263 e. The molecule has 1 amide bonds. The number of nitrogens with zero attached hydrogens (tertiary/aromatic N) is 5. The first-order chi connectivity index (χ1) is 13.0. The van der Waals surface area contributed by atoms with E-state index in [4.69, 9.17) is 0 Å². The molecule has 0 fully saturated rings. The van der Waals surface area contributed by atoms with E-state index < -0.39 is 0 Å². The summed E-state index contributed by atoms with van der Waals surface area (Å²) in [6.07, 6.45) is 0. The van der Waals surface area contributed by atoms with Crippen LogP contribution in [0.15, 0.2) is 47.3 Å². The third-order valence-electron chi connectivity index (χ3n) is 5.13. The summed E-state index contributed by atoms with van der Waals surface area (Å²) in [6.45, 7) is 4.71. The number of amides is 1. The molecular weight excluding hydrogens is 342 g/mol. The fourth-order valence-electron chi connectivity index (χ4n) is 3.53. The summed E-state index contributed by atoms with van der Waals surface area (Å²) < 4.78 is 3.57. The van der Waals surface area contributed by atoms with Gasteiger partial charge in [0.25, 0.3) is 11.5 Å². The van der Waals surface area contributed by atoms with Gasteiger partial charge in [-0.15, -0.1) is 10.2 Å². The van der Waals surface area contributed by atoms with Gasteiger partial charge in [0.1, 0.15) is 5.56 Å². The first-order valence-electron chi connectivity index (χ1n) is 8.92. The topological polar surface area (TPSA) is 73.0 Å². The molecule has 0 unspecified atom stereocenters. The number of aromatic nitrogens is 4. The number of carbonyl (C=O) groups is 1. The lowest BCUT2D eigenvalue weighted by molar-refractivity contribution is 0.0679. The highest BCUT2D eigenvalue weighted by molar-refractivity contribution is 5.94. The van der Waals surface area contributed by atoms with Gasteiger partial charge in [0.15, 0.2) is 11.6 Å². The summed E-state index contributed by atoms with van der Waals surface area (Å²) in [6, 6.07) is 13.3. The lowest BCUT2D eigenvalue weighted by atomic mass is 10.1. The number of fused-ring (bicyclic) bond motifs is 1. The highest BCUT2D eigenvalue weighted by atomic mass is 16.2.